The predicted octanol–water partition coefficient (Wildman–Crippen LogP) is 7.28. The molecule has 0 aliphatic carbocycles. The smallest absolute Gasteiger partial charge is 0.187 e. The molecule has 0 radical (unpaired) electrons. The van der Waals surface area contributed by atoms with Crippen LogP contribution in [0.5, 0.6) is 5.75 Å². The monoisotopic (exact) mass is 510 g/mol. The van der Waals surface area contributed by atoms with E-state index in [9.17, 15) is 0 Å². The Bertz CT molecular complexity index is 1770. The van der Waals surface area contributed by atoms with Gasteiger partial charge in [-0.15, -0.1) is 0 Å². The van der Waals surface area contributed by atoms with Crippen LogP contribution in [-0.2, 0) is 6.54 Å². The topological polar surface area (TPSA) is 52.0 Å². The summed E-state index contributed by atoms with van der Waals surface area (Å²) in [4.78, 5) is 4.40. The van der Waals surface area contributed by atoms with E-state index in [2.05, 4.69) is 10.3 Å². The molecule has 0 saturated heterocycles. The molecular formula is C30H21F3N4O. The fraction of sp³-hybridized carbons (Fsp3) is 0.0667. The van der Waals surface area contributed by atoms with Crippen LogP contribution >= 0.6 is 0 Å². The number of ether oxygens (including phenoxy) is 1. The third-order valence-electron chi connectivity index (χ3n) is 6.41. The second-order valence-corrected chi connectivity index (χ2v) is 8.74. The van der Waals surface area contributed by atoms with Gasteiger partial charge in [-0.3, -0.25) is 0 Å². The lowest BCUT2D eigenvalue weighted by Gasteiger charge is -2.13. The Morgan fingerprint density at radius 2 is 1.47 bits per heavy atom. The molecule has 0 unspecified atom stereocenters. The first-order valence-electron chi connectivity index (χ1n) is 11.9. The summed E-state index contributed by atoms with van der Waals surface area (Å²) in [5, 5.41) is 7.82. The third kappa shape index (κ3) is 4.00. The molecule has 0 saturated carbocycles. The largest absolute Gasteiger partial charge is 0.497 e. The van der Waals surface area contributed by atoms with Crippen LogP contribution in [0, 0.1) is 17.5 Å². The molecule has 0 atom stereocenters. The van der Waals surface area contributed by atoms with Gasteiger partial charge in [-0.2, -0.15) is 5.10 Å². The quantitative estimate of drug-likeness (QED) is 0.239. The molecule has 0 spiro atoms. The van der Waals surface area contributed by atoms with Gasteiger partial charge in [-0.1, -0.05) is 60.7 Å². The zero-order valence-electron chi connectivity index (χ0n) is 20.3. The van der Waals surface area contributed by atoms with E-state index in [1.54, 1.807) is 36.1 Å². The second kappa shape index (κ2) is 9.55. The first kappa shape index (κ1) is 23.5. The Balaban J connectivity index is 1.53. The van der Waals surface area contributed by atoms with Gasteiger partial charge in [0.2, 0.25) is 0 Å². The Hall–Kier alpha value is -4.85. The lowest BCUT2D eigenvalue weighted by atomic mass is 10.1. The normalized spacial score (nSPS) is 11.3. The summed E-state index contributed by atoms with van der Waals surface area (Å²) in [6, 6.07) is 27.1. The van der Waals surface area contributed by atoms with Crippen LogP contribution in [0.1, 0.15) is 5.56 Å². The summed E-state index contributed by atoms with van der Waals surface area (Å²) in [6.45, 7) is 0.0830. The molecule has 4 aromatic carbocycles. The summed E-state index contributed by atoms with van der Waals surface area (Å²) in [6.07, 6.45) is 0. The lowest BCUT2D eigenvalue weighted by molar-refractivity contribution is 0.414. The number of pyridine rings is 1. The third-order valence-corrected chi connectivity index (χ3v) is 6.41. The minimum absolute atomic E-state index is 0.0830. The van der Waals surface area contributed by atoms with Crippen molar-refractivity contribution in [3.8, 4) is 22.7 Å². The van der Waals surface area contributed by atoms with Crippen molar-refractivity contribution < 1.29 is 17.9 Å². The van der Waals surface area contributed by atoms with Crippen molar-refractivity contribution in [1.82, 2.24) is 14.8 Å². The van der Waals surface area contributed by atoms with Gasteiger partial charge in [0.15, 0.2) is 23.1 Å². The van der Waals surface area contributed by atoms with Crippen molar-refractivity contribution in [2.24, 2.45) is 0 Å². The van der Waals surface area contributed by atoms with Gasteiger partial charge < -0.3 is 10.1 Å². The van der Waals surface area contributed by atoms with Crippen LogP contribution in [0.15, 0.2) is 91.0 Å². The molecule has 188 valence electrons. The standard InChI is InChI=1S/C30H21F3N4O/c1-38-21-14-12-18(13-15-21)17-34-29-24(31)22-16-23-27(19-8-4-2-5-9-19)36-37(20-10-6-3-7-11-20)30(23)35-28(22)25(32)26(29)33/h2-16,34H,17H2,1H3. The van der Waals surface area contributed by atoms with Crippen molar-refractivity contribution in [2.45, 2.75) is 6.54 Å². The first-order chi connectivity index (χ1) is 18.5. The molecule has 0 amide bonds. The molecule has 0 aliphatic heterocycles. The molecule has 0 bridgehead atoms. The Kier molecular flexibility index (Phi) is 5.92. The molecular weight excluding hydrogens is 489 g/mol. The molecule has 1 N–H and O–H groups in total. The number of nitrogens with one attached hydrogen (secondary N) is 1. The maximum atomic E-state index is 15.8. The number of para-hydroxylation sites is 1. The highest BCUT2D eigenvalue weighted by Gasteiger charge is 2.24. The number of benzene rings is 4. The molecule has 0 aliphatic rings. The predicted molar refractivity (Wildman–Crippen MR) is 142 cm³/mol. The van der Waals surface area contributed by atoms with Crippen molar-refractivity contribution in [2.75, 3.05) is 12.4 Å². The van der Waals surface area contributed by atoms with E-state index in [4.69, 9.17) is 9.84 Å². The average molecular weight is 511 g/mol. The van der Waals surface area contributed by atoms with E-state index in [-0.39, 0.29) is 11.9 Å². The summed E-state index contributed by atoms with van der Waals surface area (Å²) in [5.41, 5.74) is 2.10. The summed E-state index contributed by atoms with van der Waals surface area (Å²) < 4.78 is 53.0. The van der Waals surface area contributed by atoms with Crippen molar-refractivity contribution in [3.05, 3.63) is 114 Å². The number of methoxy groups -OCH3 is 1. The van der Waals surface area contributed by atoms with Crippen LogP contribution in [0.4, 0.5) is 18.9 Å². The number of fused-ring (bicyclic) bond motifs is 2. The van der Waals surface area contributed by atoms with Crippen LogP contribution in [0.25, 0.3) is 38.9 Å². The van der Waals surface area contributed by atoms with Gasteiger partial charge in [0, 0.05) is 22.9 Å². The maximum Gasteiger partial charge on any atom is 0.187 e. The van der Waals surface area contributed by atoms with Gasteiger partial charge in [-0.25, -0.2) is 22.8 Å². The minimum Gasteiger partial charge on any atom is -0.497 e. The van der Waals surface area contributed by atoms with E-state index in [1.807, 2.05) is 60.7 Å². The van der Waals surface area contributed by atoms with Gasteiger partial charge in [0.05, 0.1) is 12.8 Å². The van der Waals surface area contributed by atoms with E-state index >= 15 is 13.2 Å². The SMILES string of the molecule is COc1ccc(CNc2c(F)c(F)c3nc4c(cc3c2F)c(-c2ccccc2)nn4-c2ccccc2)cc1. The van der Waals surface area contributed by atoms with Crippen molar-refractivity contribution in [1.29, 1.82) is 0 Å². The Morgan fingerprint density at radius 1 is 0.789 bits per heavy atom. The van der Waals surface area contributed by atoms with Crippen molar-refractivity contribution >= 4 is 27.6 Å². The zero-order chi connectivity index (χ0) is 26.2. The molecule has 0 fully saturated rings. The second-order valence-electron chi connectivity index (χ2n) is 8.74. The molecule has 8 heteroatoms. The van der Waals surface area contributed by atoms with Crippen LogP contribution in [0.3, 0.4) is 0 Å². The van der Waals surface area contributed by atoms with Crippen LogP contribution < -0.4 is 10.1 Å². The summed E-state index contributed by atoms with van der Waals surface area (Å²) >= 11 is 0. The number of nitrogens with zero attached hydrogens (tertiary/aromatic N) is 3. The number of aromatic nitrogens is 3. The van der Waals surface area contributed by atoms with E-state index in [1.165, 1.54) is 6.07 Å². The fourth-order valence-electron chi connectivity index (χ4n) is 4.47. The summed E-state index contributed by atoms with van der Waals surface area (Å²) in [7, 11) is 1.55. The fourth-order valence-corrected chi connectivity index (χ4v) is 4.47. The Morgan fingerprint density at radius 3 is 2.16 bits per heavy atom. The minimum atomic E-state index is -1.33. The van der Waals surface area contributed by atoms with Crippen molar-refractivity contribution in [3.63, 3.8) is 0 Å². The van der Waals surface area contributed by atoms with Gasteiger partial charge in [0.1, 0.15) is 22.6 Å². The van der Waals surface area contributed by atoms with Crippen LogP contribution in [-0.4, -0.2) is 21.9 Å². The van der Waals surface area contributed by atoms with E-state index in [0.717, 1.165) is 11.1 Å². The maximum absolute atomic E-state index is 15.8. The van der Waals surface area contributed by atoms with E-state index in [0.29, 0.717) is 28.2 Å². The molecule has 38 heavy (non-hydrogen) atoms. The average Bonchev–Trinajstić information content (AvgIpc) is 3.35. The summed E-state index contributed by atoms with van der Waals surface area (Å²) in [5.74, 6) is -2.83. The van der Waals surface area contributed by atoms with Gasteiger partial charge >= 0.3 is 0 Å². The Labute approximate surface area is 216 Å². The van der Waals surface area contributed by atoms with Gasteiger partial charge in [-0.05, 0) is 35.9 Å². The highest BCUT2D eigenvalue weighted by Crippen LogP contribution is 2.36. The number of hydrogen-bond donors (Lipinski definition) is 1. The number of anilines is 1. The van der Waals surface area contributed by atoms with Crippen LogP contribution in [0.2, 0.25) is 0 Å². The number of halogens is 3. The highest BCUT2D eigenvalue weighted by atomic mass is 19.2. The zero-order valence-corrected chi connectivity index (χ0v) is 20.3. The van der Waals surface area contributed by atoms with E-state index < -0.39 is 28.7 Å². The molecule has 2 heterocycles. The molecule has 6 aromatic rings. The molecule has 5 nitrogen and oxygen atoms in total. The molecule has 2 aromatic heterocycles. The molecule has 6 rings (SSSR count). The van der Waals surface area contributed by atoms with Gasteiger partial charge in [0.25, 0.3) is 0 Å². The first-order valence-corrected chi connectivity index (χ1v) is 11.9. The lowest BCUT2D eigenvalue weighted by Crippen LogP contribution is -2.07. The number of hydrogen-bond acceptors (Lipinski definition) is 4. The highest BCUT2D eigenvalue weighted by molar-refractivity contribution is 6.00. The number of rotatable bonds is 6.